The van der Waals surface area contributed by atoms with Gasteiger partial charge in [0.1, 0.15) is 0 Å². The fourth-order valence-corrected chi connectivity index (χ4v) is 2.76. The van der Waals surface area contributed by atoms with Gasteiger partial charge in [0.05, 0.1) is 0 Å². The first-order valence-corrected chi connectivity index (χ1v) is 6.95. The molecule has 1 aliphatic carbocycles. The van der Waals surface area contributed by atoms with Crippen LogP contribution in [0.25, 0.3) is 0 Å². The highest BCUT2D eigenvalue weighted by Gasteiger charge is 2.04. The van der Waals surface area contributed by atoms with E-state index in [9.17, 15) is 0 Å². The fourth-order valence-electron chi connectivity index (χ4n) is 2.11. The summed E-state index contributed by atoms with van der Waals surface area (Å²) in [7, 11) is 0. The molecule has 0 aromatic heterocycles. The SMILES string of the molecule is BrC1CCCCCCCCCCC1. The van der Waals surface area contributed by atoms with Crippen LogP contribution in [-0.2, 0) is 0 Å². The maximum absolute atomic E-state index is 3.78. The van der Waals surface area contributed by atoms with Gasteiger partial charge < -0.3 is 0 Å². The van der Waals surface area contributed by atoms with Crippen LogP contribution in [0.3, 0.4) is 0 Å². The maximum Gasteiger partial charge on any atom is 0.0145 e. The van der Waals surface area contributed by atoms with Crippen molar-refractivity contribution in [3.8, 4) is 0 Å². The molecule has 0 saturated heterocycles. The van der Waals surface area contributed by atoms with Crippen molar-refractivity contribution in [3.63, 3.8) is 0 Å². The molecule has 0 heterocycles. The molecule has 0 radical (unpaired) electrons. The van der Waals surface area contributed by atoms with Gasteiger partial charge in [-0.05, 0) is 12.8 Å². The third-order valence-electron chi connectivity index (χ3n) is 3.03. The molecule has 0 bridgehead atoms. The van der Waals surface area contributed by atoms with E-state index < -0.39 is 0 Å². The summed E-state index contributed by atoms with van der Waals surface area (Å²) in [5, 5.41) is 0. The van der Waals surface area contributed by atoms with Crippen molar-refractivity contribution < 1.29 is 0 Å². The Balaban J connectivity index is 2.11. The number of alkyl halides is 1. The highest BCUT2D eigenvalue weighted by Crippen LogP contribution is 2.20. The molecule has 0 aromatic carbocycles. The van der Waals surface area contributed by atoms with Crippen LogP contribution in [0.1, 0.15) is 70.6 Å². The Morgan fingerprint density at radius 3 is 1.23 bits per heavy atom. The first kappa shape index (κ1) is 11.6. The Kier molecular flexibility index (Phi) is 6.97. The second kappa shape index (κ2) is 7.84. The first-order chi connectivity index (χ1) is 6.39. The van der Waals surface area contributed by atoms with Crippen molar-refractivity contribution in [1.82, 2.24) is 0 Å². The van der Waals surface area contributed by atoms with E-state index in [-0.39, 0.29) is 0 Å². The Bertz CT molecular complexity index is 99.7. The van der Waals surface area contributed by atoms with Crippen LogP contribution in [0.5, 0.6) is 0 Å². The minimum Gasteiger partial charge on any atom is -0.0891 e. The molecule has 1 fully saturated rings. The molecule has 0 aromatic rings. The lowest BCUT2D eigenvalue weighted by Gasteiger charge is -2.11. The van der Waals surface area contributed by atoms with E-state index in [1.807, 2.05) is 0 Å². The smallest absolute Gasteiger partial charge is 0.0145 e. The quantitative estimate of drug-likeness (QED) is 0.525. The van der Waals surface area contributed by atoms with Crippen molar-refractivity contribution in [3.05, 3.63) is 0 Å². The summed E-state index contributed by atoms with van der Waals surface area (Å²) in [6, 6.07) is 0. The number of rotatable bonds is 0. The molecule has 0 amide bonds. The van der Waals surface area contributed by atoms with Gasteiger partial charge >= 0.3 is 0 Å². The van der Waals surface area contributed by atoms with Gasteiger partial charge in [0.2, 0.25) is 0 Å². The molecule has 78 valence electrons. The Morgan fingerprint density at radius 2 is 0.846 bits per heavy atom. The van der Waals surface area contributed by atoms with Gasteiger partial charge in [0.15, 0.2) is 0 Å². The third kappa shape index (κ3) is 6.54. The zero-order valence-corrected chi connectivity index (χ0v) is 10.3. The topological polar surface area (TPSA) is 0 Å². The van der Waals surface area contributed by atoms with E-state index in [2.05, 4.69) is 15.9 Å². The van der Waals surface area contributed by atoms with Crippen molar-refractivity contribution in [2.45, 2.75) is 75.5 Å². The van der Waals surface area contributed by atoms with Crippen LogP contribution in [-0.4, -0.2) is 4.83 Å². The molecule has 0 N–H and O–H groups in total. The zero-order valence-electron chi connectivity index (χ0n) is 8.73. The standard InChI is InChI=1S/C12H23Br/c13-12-10-8-6-4-2-1-3-5-7-9-11-12/h12H,1-11H2. The molecular weight excluding hydrogens is 224 g/mol. The van der Waals surface area contributed by atoms with Crippen LogP contribution >= 0.6 is 15.9 Å². The molecule has 0 aliphatic heterocycles. The van der Waals surface area contributed by atoms with Crippen molar-refractivity contribution >= 4 is 15.9 Å². The molecule has 1 rings (SSSR count). The largest absolute Gasteiger partial charge is 0.0891 e. The normalized spacial score (nSPS) is 24.7. The van der Waals surface area contributed by atoms with E-state index in [4.69, 9.17) is 0 Å². The average molecular weight is 247 g/mol. The second-order valence-corrected chi connectivity index (χ2v) is 5.65. The molecular formula is C12H23Br. The monoisotopic (exact) mass is 246 g/mol. The fraction of sp³-hybridized carbons (Fsp3) is 1.00. The number of halogens is 1. The van der Waals surface area contributed by atoms with Gasteiger partial charge in [0.25, 0.3) is 0 Å². The van der Waals surface area contributed by atoms with Gasteiger partial charge in [0, 0.05) is 4.83 Å². The van der Waals surface area contributed by atoms with Crippen LogP contribution in [0.2, 0.25) is 0 Å². The summed E-state index contributed by atoms with van der Waals surface area (Å²) < 4.78 is 0. The van der Waals surface area contributed by atoms with Crippen LogP contribution < -0.4 is 0 Å². The number of hydrogen-bond acceptors (Lipinski definition) is 0. The van der Waals surface area contributed by atoms with E-state index >= 15 is 0 Å². The molecule has 0 atom stereocenters. The minimum absolute atomic E-state index is 0.812. The van der Waals surface area contributed by atoms with Gasteiger partial charge in [-0.15, -0.1) is 0 Å². The Morgan fingerprint density at radius 1 is 0.538 bits per heavy atom. The summed E-state index contributed by atoms with van der Waals surface area (Å²) in [5.74, 6) is 0. The van der Waals surface area contributed by atoms with E-state index in [0.717, 1.165) is 4.83 Å². The van der Waals surface area contributed by atoms with E-state index in [0.29, 0.717) is 0 Å². The first-order valence-electron chi connectivity index (χ1n) is 6.03. The molecule has 1 aliphatic rings. The summed E-state index contributed by atoms with van der Waals surface area (Å²) in [6.07, 6.45) is 16.0. The second-order valence-electron chi connectivity index (χ2n) is 4.36. The summed E-state index contributed by atoms with van der Waals surface area (Å²) in [4.78, 5) is 0.812. The van der Waals surface area contributed by atoms with Gasteiger partial charge in [-0.1, -0.05) is 73.7 Å². The van der Waals surface area contributed by atoms with Crippen molar-refractivity contribution in [1.29, 1.82) is 0 Å². The summed E-state index contributed by atoms with van der Waals surface area (Å²) >= 11 is 3.78. The van der Waals surface area contributed by atoms with Crippen LogP contribution in [0.4, 0.5) is 0 Å². The lowest BCUT2D eigenvalue weighted by molar-refractivity contribution is 0.512. The molecule has 0 nitrogen and oxygen atoms in total. The molecule has 1 saturated carbocycles. The average Bonchev–Trinajstić information content (AvgIpc) is 2.11. The summed E-state index contributed by atoms with van der Waals surface area (Å²) in [6.45, 7) is 0. The predicted octanol–water partition coefficient (Wildman–Crippen LogP) is 5.05. The predicted molar refractivity (Wildman–Crippen MR) is 63.5 cm³/mol. The van der Waals surface area contributed by atoms with Crippen molar-refractivity contribution in [2.24, 2.45) is 0 Å². The van der Waals surface area contributed by atoms with Gasteiger partial charge in [-0.3, -0.25) is 0 Å². The lowest BCUT2D eigenvalue weighted by Crippen LogP contribution is -1.98. The molecule has 13 heavy (non-hydrogen) atoms. The third-order valence-corrected chi connectivity index (χ3v) is 3.95. The van der Waals surface area contributed by atoms with Crippen LogP contribution in [0.15, 0.2) is 0 Å². The Hall–Kier alpha value is 0.480. The molecule has 1 heteroatoms. The minimum atomic E-state index is 0.812. The zero-order chi connectivity index (χ0) is 9.36. The lowest BCUT2D eigenvalue weighted by atomic mass is 10.0. The number of hydrogen-bond donors (Lipinski definition) is 0. The van der Waals surface area contributed by atoms with Gasteiger partial charge in [-0.25, -0.2) is 0 Å². The van der Waals surface area contributed by atoms with E-state index in [1.165, 1.54) is 70.6 Å². The Labute approximate surface area is 91.6 Å². The summed E-state index contributed by atoms with van der Waals surface area (Å²) in [5.41, 5.74) is 0. The van der Waals surface area contributed by atoms with E-state index in [1.54, 1.807) is 0 Å². The van der Waals surface area contributed by atoms with Crippen LogP contribution in [0, 0.1) is 0 Å². The molecule has 0 spiro atoms. The van der Waals surface area contributed by atoms with Gasteiger partial charge in [-0.2, -0.15) is 0 Å². The molecule has 0 unspecified atom stereocenters. The highest BCUT2D eigenvalue weighted by atomic mass is 79.9. The highest BCUT2D eigenvalue weighted by molar-refractivity contribution is 9.09. The maximum atomic E-state index is 3.78. The van der Waals surface area contributed by atoms with Crippen molar-refractivity contribution in [2.75, 3.05) is 0 Å².